The van der Waals surface area contributed by atoms with Crippen LogP contribution in [0.4, 0.5) is 17.1 Å². The first kappa shape index (κ1) is 19.2. The summed E-state index contributed by atoms with van der Waals surface area (Å²) >= 11 is 0. The number of carbonyl (C=O) groups is 1. The van der Waals surface area contributed by atoms with E-state index >= 15 is 0 Å². The highest BCUT2D eigenvalue weighted by Crippen LogP contribution is 2.24. The minimum absolute atomic E-state index is 0.0147. The summed E-state index contributed by atoms with van der Waals surface area (Å²) in [5.74, 6) is 0.771. The van der Waals surface area contributed by atoms with Crippen LogP contribution in [-0.4, -0.2) is 35.4 Å². The van der Waals surface area contributed by atoms with E-state index in [-0.39, 0.29) is 11.5 Å². The van der Waals surface area contributed by atoms with Crippen LogP contribution in [0.15, 0.2) is 59.4 Å². The minimum atomic E-state index is -0.151. The van der Waals surface area contributed by atoms with E-state index in [1.54, 1.807) is 6.07 Å². The fourth-order valence-electron chi connectivity index (χ4n) is 3.72. The number of nitrogens with one attached hydrogen (secondary N) is 3. The van der Waals surface area contributed by atoms with Crippen LogP contribution in [0.2, 0.25) is 0 Å². The zero-order valence-corrected chi connectivity index (χ0v) is 16.6. The Hall–Kier alpha value is -3.12. The molecule has 1 aromatic heterocycles. The highest BCUT2D eigenvalue weighted by Gasteiger charge is 2.17. The van der Waals surface area contributed by atoms with E-state index in [0.717, 1.165) is 59.8 Å². The largest absolute Gasteiger partial charge is 0.355 e. The first-order valence-electron chi connectivity index (χ1n) is 10.1. The number of likely N-dealkylation sites (tertiary alicyclic amines) is 1. The van der Waals surface area contributed by atoms with Crippen LogP contribution >= 0.6 is 0 Å². The minimum Gasteiger partial charge on any atom is -0.355 e. The molecule has 0 atom stereocenters. The molecule has 2 heterocycles. The third kappa shape index (κ3) is 4.84. The van der Waals surface area contributed by atoms with Crippen LogP contribution in [0.25, 0.3) is 10.9 Å². The Morgan fingerprint density at radius 3 is 2.52 bits per heavy atom. The number of hydrogen-bond acceptors (Lipinski definition) is 4. The summed E-state index contributed by atoms with van der Waals surface area (Å²) in [6, 6.07) is 16.8. The van der Waals surface area contributed by atoms with Crippen molar-refractivity contribution in [2.45, 2.75) is 19.8 Å². The lowest BCUT2D eigenvalue weighted by Gasteiger charge is -2.29. The Bertz CT molecular complexity index is 1050. The van der Waals surface area contributed by atoms with E-state index in [2.05, 4.69) is 27.4 Å². The molecule has 4 rings (SSSR count). The van der Waals surface area contributed by atoms with E-state index in [1.165, 1.54) is 0 Å². The number of carbonyl (C=O) groups excluding carboxylic acids is 1. The molecule has 3 aromatic rings. The summed E-state index contributed by atoms with van der Waals surface area (Å²) in [5.41, 5.74) is 3.01. The number of para-hydroxylation sites is 1. The number of benzene rings is 2. The van der Waals surface area contributed by atoms with Crippen LogP contribution in [0, 0.1) is 5.92 Å². The smallest absolute Gasteiger partial charge is 0.250 e. The van der Waals surface area contributed by atoms with Gasteiger partial charge in [-0.2, -0.15) is 0 Å². The number of aromatic nitrogens is 1. The molecule has 0 bridgehead atoms. The molecule has 2 aromatic carbocycles. The molecular weight excluding hydrogens is 364 g/mol. The lowest BCUT2D eigenvalue weighted by molar-refractivity contribution is -0.117. The van der Waals surface area contributed by atoms with Gasteiger partial charge in [0.1, 0.15) is 0 Å². The lowest BCUT2D eigenvalue weighted by atomic mass is 9.99. The fourth-order valence-corrected chi connectivity index (χ4v) is 3.72. The molecule has 6 nitrogen and oxygen atoms in total. The molecule has 0 unspecified atom stereocenters. The standard InChI is InChI=1S/C23H26N4O2/c1-16-10-12-27(13-11-16)15-23(29)25-18-8-6-17(7-9-18)24-21-14-22(28)26-20-5-3-2-4-19(20)21/h2-9,14,16H,10-13,15H2,1H3,(H,25,29)(H2,24,26,28). The highest BCUT2D eigenvalue weighted by atomic mass is 16.2. The van der Waals surface area contributed by atoms with Crippen molar-refractivity contribution in [3.8, 4) is 0 Å². The molecule has 1 saturated heterocycles. The molecule has 0 radical (unpaired) electrons. The second-order valence-corrected chi connectivity index (χ2v) is 7.80. The number of piperidine rings is 1. The van der Waals surface area contributed by atoms with Crippen LogP contribution in [0.5, 0.6) is 0 Å². The summed E-state index contributed by atoms with van der Waals surface area (Å²) in [6.45, 7) is 4.68. The molecular formula is C23H26N4O2. The van der Waals surface area contributed by atoms with Crippen molar-refractivity contribution in [1.82, 2.24) is 9.88 Å². The van der Waals surface area contributed by atoms with E-state index < -0.39 is 0 Å². The molecule has 1 amide bonds. The Morgan fingerprint density at radius 1 is 1.07 bits per heavy atom. The van der Waals surface area contributed by atoms with Crippen LogP contribution in [0.3, 0.4) is 0 Å². The molecule has 0 saturated carbocycles. The third-order valence-electron chi connectivity index (χ3n) is 5.44. The number of H-pyrrole nitrogens is 1. The van der Waals surface area contributed by atoms with Gasteiger partial charge in [-0.1, -0.05) is 25.1 Å². The van der Waals surface area contributed by atoms with Crippen molar-refractivity contribution in [3.05, 3.63) is 65.0 Å². The Morgan fingerprint density at radius 2 is 1.76 bits per heavy atom. The predicted octanol–water partition coefficient (Wildman–Crippen LogP) is 3.94. The van der Waals surface area contributed by atoms with Crippen LogP contribution in [-0.2, 0) is 4.79 Å². The molecule has 1 fully saturated rings. The van der Waals surface area contributed by atoms with Crippen molar-refractivity contribution >= 4 is 33.9 Å². The Balaban J connectivity index is 1.40. The van der Waals surface area contributed by atoms with Crippen LogP contribution < -0.4 is 16.2 Å². The predicted molar refractivity (Wildman–Crippen MR) is 118 cm³/mol. The van der Waals surface area contributed by atoms with Gasteiger partial charge in [-0.25, -0.2) is 0 Å². The van der Waals surface area contributed by atoms with Crippen LogP contribution in [0.1, 0.15) is 19.8 Å². The number of amides is 1. The lowest BCUT2D eigenvalue weighted by Crippen LogP contribution is -2.38. The maximum absolute atomic E-state index is 12.3. The van der Waals surface area contributed by atoms with E-state index in [1.807, 2.05) is 48.5 Å². The van der Waals surface area contributed by atoms with Crippen molar-refractivity contribution < 1.29 is 4.79 Å². The van der Waals surface area contributed by atoms with Crippen molar-refractivity contribution in [2.75, 3.05) is 30.3 Å². The molecule has 29 heavy (non-hydrogen) atoms. The van der Waals surface area contributed by atoms with Crippen molar-refractivity contribution in [3.63, 3.8) is 0 Å². The van der Waals surface area contributed by atoms with Gasteiger partial charge in [0, 0.05) is 22.8 Å². The molecule has 1 aliphatic rings. The van der Waals surface area contributed by atoms with Gasteiger partial charge >= 0.3 is 0 Å². The second-order valence-electron chi connectivity index (χ2n) is 7.80. The van der Waals surface area contributed by atoms with Gasteiger partial charge < -0.3 is 15.6 Å². The van der Waals surface area contributed by atoms with Gasteiger partial charge in [-0.05, 0) is 62.2 Å². The number of pyridine rings is 1. The van der Waals surface area contributed by atoms with Gasteiger partial charge in [0.15, 0.2) is 0 Å². The molecule has 150 valence electrons. The van der Waals surface area contributed by atoms with Gasteiger partial charge in [0.05, 0.1) is 17.7 Å². The third-order valence-corrected chi connectivity index (χ3v) is 5.44. The number of nitrogens with zero attached hydrogens (tertiary/aromatic N) is 1. The van der Waals surface area contributed by atoms with Gasteiger partial charge in [0.2, 0.25) is 11.5 Å². The first-order chi connectivity index (χ1) is 14.1. The topological polar surface area (TPSA) is 77.2 Å². The first-order valence-corrected chi connectivity index (χ1v) is 10.1. The van der Waals surface area contributed by atoms with Gasteiger partial charge in [-0.15, -0.1) is 0 Å². The SMILES string of the molecule is CC1CCN(CC(=O)Nc2ccc(Nc3cc(=O)[nH]c4ccccc34)cc2)CC1. The number of anilines is 3. The van der Waals surface area contributed by atoms with E-state index in [0.29, 0.717) is 6.54 Å². The van der Waals surface area contributed by atoms with Gasteiger partial charge in [0.25, 0.3) is 0 Å². The summed E-state index contributed by atoms with van der Waals surface area (Å²) in [7, 11) is 0. The van der Waals surface area contributed by atoms with E-state index in [9.17, 15) is 9.59 Å². The molecule has 1 aliphatic heterocycles. The quantitative estimate of drug-likeness (QED) is 0.617. The molecule has 0 aliphatic carbocycles. The number of rotatable bonds is 5. The summed E-state index contributed by atoms with van der Waals surface area (Å²) < 4.78 is 0. The molecule has 6 heteroatoms. The average Bonchev–Trinajstić information content (AvgIpc) is 2.71. The second kappa shape index (κ2) is 8.49. The monoisotopic (exact) mass is 390 g/mol. The Kier molecular flexibility index (Phi) is 5.62. The molecule has 0 spiro atoms. The van der Waals surface area contributed by atoms with E-state index in [4.69, 9.17) is 0 Å². The zero-order valence-electron chi connectivity index (χ0n) is 16.6. The number of fused-ring (bicyclic) bond motifs is 1. The summed E-state index contributed by atoms with van der Waals surface area (Å²) in [6.07, 6.45) is 2.31. The molecule has 3 N–H and O–H groups in total. The number of hydrogen-bond donors (Lipinski definition) is 3. The highest BCUT2D eigenvalue weighted by molar-refractivity contribution is 5.94. The Labute approximate surface area is 169 Å². The summed E-state index contributed by atoms with van der Waals surface area (Å²) in [4.78, 5) is 29.3. The zero-order chi connectivity index (χ0) is 20.2. The van der Waals surface area contributed by atoms with Crippen molar-refractivity contribution in [2.24, 2.45) is 5.92 Å². The fraction of sp³-hybridized carbons (Fsp3) is 0.304. The normalized spacial score (nSPS) is 15.3. The maximum atomic E-state index is 12.3. The van der Waals surface area contributed by atoms with Gasteiger partial charge in [-0.3, -0.25) is 14.5 Å². The maximum Gasteiger partial charge on any atom is 0.250 e. The van der Waals surface area contributed by atoms with Crippen molar-refractivity contribution in [1.29, 1.82) is 0 Å². The average molecular weight is 390 g/mol. The number of aromatic amines is 1. The summed E-state index contributed by atoms with van der Waals surface area (Å²) in [5, 5.41) is 7.21.